The summed E-state index contributed by atoms with van der Waals surface area (Å²) >= 11 is 7.01. The van der Waals surface area contributed by atoms with E-state index in [1.165, 1.54) is 12.1 Å². The van der Waals surface area contributed by atoms with E-state index < -0.39 is 11.6 Å². The molecule has 0 radical (unpaired) electrons. The summed E-state index contributed by atoms with van der Waals surface area (Å²) in [6, 6.07) is 3.79. The Balaban J connectivity index is 3.01. The molecule has 0 amide bonds. The van der Waals surface area contributed by atoms with Crippen LogP contribution in [0.25, 0.3) is 0 Å². The van der Waals surface area contributed by atoms with Gasteiger partial charge in [-0.1, -0.05) is 51.8 Å². The maximum absolute atomic E-state index is 13.6. The molecule has 0 unspecified atom stereocenters. The second-order valence-corrected chi connectivity index (χ2v) is 5.82. The van der Waals surface area contributed by atoms with Crippen molar-refractivity contribution < 1.29 is 8.78 Å². The highest BCUT2D eigenvalue weighted by Crippen LogP contribution is 2.36. The first-order chi connectivity index (χ1) is 7.95. The molecule has 0 aliphatic rings. The molecule has 17 heavy (non-hydrogen) atoms. The lowest BCUT2D eigenvalue weighted by Gasteiger charge is -2.34. The van der Waals surface area contributed by atoms with Gasteiger partial charge in [-0.2, -0.15) is 0 Å². The van der Waals surface area contributed by atoms with Crippen LogP contribution in [0, 0.1) is 23.0 Å². The van der Waals surface area contributed by atoms with E-state index in [-0.39, 0.29) is 5.41 Å². The second-order valence-electron chi connectivity index (χ2n) is 4.70. The molecule has 0 atom stereocenters. The van der Waals surface area contributed by atoms with Gasteiger partial charge in [-0.05, 0) is 29.4 Å². The minimum absolute atomic E-state index is 0.0569. The summed E-state index contributed by atoms with van der Waals surface area (Å²) in [4.78, 5) is 0. The zero-order valence-corrected chi connectivity index (χ0v) is 13.1. The Labute approximate surface area is 118 Å². The molecular formula is C13H16Br2F2. The van der Waals surface area contributed by atoms with Crippen molar-refractivity contribution in [3.8, 4) is 0 Å². The molecule has 0 heterocycles. The van der Waals surface area contributed by atoms with E-state index in [0.29, 0.717) is 17.9 Å². The number of hydrogen-bond acceptors (Lipinski definition) is 0. The van der Waals surface area contributed by atoms with Gasteiger partial charge in [-0.15, -0.1) is 0 Å². The molecule has 0 saturated heterocycles. The lowest BCUT2D eigenvalue weighted by molar-refractivity contribution is 0.264. The standard InChI is InChI=1S/C13H16Br2F2/c1-9(2)13(7-14,8-15)6-10-3-4-11(16)5-12(10)17/h3-5,9H,6-8H2,1-2H3. The Kier molecular flexibility index (Phi) is 5.58. The summed E-state index contributed by atoms with van der Waals surface area (Å²) < 4.78 is 26.5. The monoisotopic (exact) mass is 368 g/mol. The zero-order valence-electron chi connectivity index (χ0n) is 9.94. The topological polar surface area (TPSA) is 0 Å². The summed E-state index contributed by atoms with van der Waals surface area (Å²) in [5.74, 6) is -0.596. The van der Waals surface area contributed by atoms with E-state index in [4.69, 9.17) is 0 Å². The van der Waals surface area contributed by atoms with Crippen molar-refractivity contribution in [1.29, 1.82) is 0 Å². The summed E-state index contributed by atoms with van der Waals surface area (Å²) in [7, 11) is 0. The van der Waals surface area contributed by atoms with Crippen LogP contribution >= 0.6 is 31.9 Å². The lowest BCUT2D eigenvalue weighted by atomic mass is 9.76. The summed E-state index contributed by atoms with van der Waals surface area (Å²) in [6.07, 6.45) is 0.591. The average molecular weight is 370 g/mol. The minimum Gasteiger partial charge on any atom is -0.207 e. The van der Waals surface area contributed by atoms with E-state index in [1.807, 2.05) is 0 Å². The van der Waals surface area contributed by atoms with Gasteiger partial charge >= 0.3 is 0 Å². The van der Waals surface area contributed by atoms with Crippen molar-refractivity contribution in [2.24, 2.45) is 11.3 Å². The molecular weight excluding hydrogens is 354 g/mol. The fraction of sp³-hybridized carbons (Fsp3) is 0.538. The van der Waals surface area contributed by atoms with Crippen LogP contribution in [0.15, 0.2) is 18.2 Å². The highest BCUT2D eigenvalue weighted by Gasteiger charge is 2.32. The Morgan fingerprint density at radius 1 is 1.18 bits per heavy atom. The minimum atomic E-state index is -0.529. The predicted octanol–water partition coefficient (Wildman–Crippen LogP) is 4.94. The number of hydrogen-bond donors (Lipinski definition) is 0. The molecule has 0 bridgehead atoms. The Bertz CT molecular complexity index is 374. The zero-order chi connectivity index (χ0) is 13.1. The van der Waals surface area contributed by atoms with E-state index >= 15 is 0 Å². The van der Waals surface area contributed by atoms with Crippen LogP contribution < -0.4 is 0 Å². The highest BCUT2D eigenvalue weighted by molar-refractivity contribution is 9.09. The third-order valence-electron chi connectivity index (χ3n) is 3.31. The summed E-state index contributed by atoms with van der Waals surface area (Å²) in [5.41, 5.74) is 0.512. The van der Waals surface area contributed by atoms with Crippen LogP contribution in [0.2, 0.25) is 0 Å². The quantitative estimate of drug-likeness (QED) is 0.645. The average Bonchev–Trinajstić information content (AvgIpc) is 2.28. The first-order valence-electron chi connectivity index (χ1n) is 5.51. The molecule has 1 rings (SSSR count). The molecule has 0 aliphatic carbocycles. The molecule has 0 aliphatic heterocycles. The predicted molar refractivity (Wildman–Crippen MR) is 74.9 cm³/mol. The van der Waals surface area contributed by atoms with Crippen molar-refractivity contribution >= 4 is 31.9 Å². The van der Waals surface area contributed by atoms with Crippen molar-refractivity contribution in [2.45, 2.75) is 20.3 Å². The Hall–Kier alpha value is 0.0400. The van der Waals surface area contributed by atoms with Gasteiger partial charge in [0.1, 0.15) is 11.6 Å². The molecule has 0 fully saturated rings. The molecule has 1 aromatic rings. The van der Waals surface area contributed by atoms with Gasteiger partial charge in [-0.3, -0.25) is 0 Å². The normalized spacial score (nSPS) is 12.2. The Morgan fingerprint density at radius 3 is 2.18 bits per heavy atom. The summed E-state index contributed by atoms with van der Waals surface area (Å²) in [6.45, 7) is 4.23. The van der Waals surface area contributed by atoms with Gasteiger partial charge in [0.15, 0.2) is 0 Å². The van der Waals surface area contributed by atoms with Gasteiger partial charge in [0.25, 0.3) is 0 Å². The SMILES string of the molecule is CC(C)C(CBr)(CBr)Cc1ccc(F)cc1F. The third kappa shape index (κ3) is 3.50. The first-order valence-corrected chi connectivity index (χ1v) is 7.75. The van der Waals surface area contributed by atoms with Crippen LogP contribution in [-0.4, -0.2) is 10.7 Å². The van der Waals surface area contributed by atoms with Gasteiger partial charge < -0.3 is 0 Å². The molecule has 0 nitrogen and oxygen atoms in total. The van der Waals surface area contributed by atoms with Crippen LogP contribution in [0.3, 0.4) is 0 Å². The number of rotatable bonds is 5. The number of benzene rings is 1. The molecule has 0 aromatic heterocycles. The molecule has 0 saturated carbocycles. The largest absolute Gasteiger partial charge is 0.207 e. The fourth-order valence-corrected chi connectivity index (χ4v) is 4.31. The molecule has 1 aromatic carbocycles. The molecule has 96 valence electrons. The first kappa shape index (κ1) is 15.1. The van der Waals surface area contributed by atoms with Crippen LogP contribution in [0.1, 0.15) is 19.4 Å². The number of halogens is 4. The lowest BCUT2D eigenvalue weighted by Crippen LogP contribution is -2.34. The van der Waals surface area contributed by atoms with Crippen molar-refractivity contribution in [1.82, 2.24) is 0 Å². The van der Waals surface area contributed by atoms with E-state index in [9.17, 15) is 8.78 Å². The Morgan fingerprint density at radius 2 is 1.76 bits per heavy atom. The van der Waals surface area contributed by atoms with Crippen LogP contribution in [0.5, 0.6) is 0 Å². The maximum atomic E-state index is 13.6. The van der Waals surface area contributed by atoms with Gasteiger partial charge in [0.05, 0.1) is 0 Å². The van der Waals surface area contributed by atoms with E-state index in [2.05, 4.69) is 45.7 Å². The van der Waals surface area contributed by atoms with E-state index in [0.717, 1.165) is 16.7 Å². The van der Waals surface area contributed by atoms with Gasteiger partial charge in [0, 0.05) is 16.7 Å². The summed E-state index contributed by atoms with van der Waals surface area (Å²) in [5, 5.41) is 1.56. The third-order valence-corrected chi connectivity index (χ3v) is 5.55. The molecule has 0 N–H and O–H groups in total. The number of alkyl halides is 2. The smallest absolute Gasteiger partial charge is 0.129 e. The van der Waals surface area contributed by atoms with Gasteiger partial charge in [0.2, 0.25) is 0 Å². The van der Waals surface area contributed by atoms with Crippen LogP contribution in [0.4, 0.5) is 8.78 Å². The second kappa shape index (κ2) is 6.28. The molecule has 4 heteroatoms. The van der Waals surface area contributed by atoms with E-state index in [1.54, 1.807) is 0 Å². The van der Waals surface area contributed by atoms with Crippen LogP contribution in [-0.2, 0) is 6.42 Å². The molecule has 0 spiro atoms. The maximum Gasteiger partial charge on any atom is 0.129 e. The van der Waals surface area contributed by atoms with Crippen molar-refractivity contribution in [3.05, 3.63) is 35.4 Å². The van der Waals surface area contributed by atoms with Gasteiger partial charge in [-0.25, -0.2) is 8.78 Å². The fourth-order valence-electron chi connectivity index (χ4n) is 1.69. The van der Waals surface area contributed by atoms with Crippen molar-refractivity contribution in [2.75, 3.05) is 10.7 Å². The highest BCUT2D eigenvalue weighted by atomic mass is 79.9. The van der Waals surface area contributed by atoms with Crippen molar-refractivity contribution in [3.63, 3.8) is 0 Å².